The molecule has 2 heterocycles. The predicted octanol–water partition coefficient (Wildman–Crippen LogP) is 2.25. The van der Waals surface area contributed by atoms with E-state index >= 15 is 0 Å². The number of likely N-dealkylation sites (N-methyl/N-ethyl adjacent to an activating group) is 1. The Labute approximate surface area is 152 Å². The molecule has 0 aromatic heterocycles. The molecule has 1 N–H and O–H groups in total. The third kappa shape index (κ3) is 5.27. The zero-order valence-electron chi connectivity index (χ0n) is 15.7. The highest BCUT2D eigenvalue weighted by Crippen LogP contribution is 2.20. The third-order valence-electron chi connectivity index (χ3n) is 5.48. The highest BCUT2D eigenvalue weighted by atomic mass is 16.2. The molecule has 0 saturated carbocycles. The number of hydrogen-bond donors (Lipinski definition) is 1. The summed E-state index contributed by atoms with van der Waals surface area (Å²) in [6, 6.07) is 8.81. The van der Waals surface area contributed by atoms with Crippen LogP contribution in [0.5, 0.6) is 0 Å². The van der Waals surface area contributed by atoms with E-state index < -0.39 is 0 Å². The fourth-order valence-corrected chi connectivity index (χ4v) is 3.91. The maximum Gasteiger partial charge on any atom is 0.238 e. The van der Waals surface area contributed by atoms with Gasteiger partial charge in [-0.3, -0.25) is 14.6 Å². The van der Waals surface area contributed by atoms with Crippen molar-refractivity contribution in [3.05, 3.63) is 29.8 Å². The van der Waals surface area contributed by atoms with Crippen molar-refractivity contribution < 1.29 is 4.79 Å². The number of carbonyl (C=O) groups excluding carboxylic acids is 1. The summed E-state index contributed by atoms with van der Waals surface area (Å²) in [5.74, 6) is 0.102. The van der Waals surface area contributed by atoms with Gasteiger partial charge >= 0.3 is 0 Å². The minimum atomic E-state index is 0.102. The summed E-state index contributed by atoms with van der Waals surface area (Å²) in [7, 11) is 4.23. The molecule has 0 aliphatic carbocycles. The van der Waals surface area contributed by atoms with Crippen LogP contribution in [0.2, 0.25) is 0 Å². The standard InChI is InChI=1S/C20H32N4O/c1-22(2)18-10-13-24(15-18)16-20(25)21-19-9-5-4-8-17(19)14-23-11-6-3-7-12-23/h4-5,8-9,18H,3,6-7,10-16H2,1-2H3,(H,21,25). The summed E-state index contributed by atoms with van der Waals surface area (Å²) in [5.41, 5.74) is 2.20. The van der Waals surface area contributed by atoms with Crippen LogP contribution in [0.15, 0.2) is 24.3 Å². The van der Waals surface area contributed by atoms with Gasteiger partial charge in [0.1, 0.15) is 0 Å². The van der Waals surface area contributed by atoms with Crippen LogP contribution in [0.4, 0.5) is 5.69 Å². The van der Waals surface area contributed by atoms with Crippen LogP contribution < -0.4 is 5.32 Å². The second-order valence-corrected chi connectivity index (χ2v) is 7.68. The summed E-state index contributed by atoms with van der Waals surface area (Å²) in [6.07, 6.45) is 5.07. The van der Waals surface area contributed by atoms with Crippen molar-refractivity contribution in [1.82, 2.24) is 14.7 Å². The fraction of sp³-hybridized carbons (Fsp3) is 0.650. The molecular formula is C20H32N4O. The first-order valence-corrected chi connectivity index (χ1v) is 9.61. The van der Waals surface area contributed by atoms with Gasteiger partial charge < -0.3 is 10.2 Å². The minimum Gasteiger partial charge on any atom is -0.325 e. The van der Waals surface area contributed by atoms with E-state index in [1.165, 1.54) is 37.9 Å². The lowest BCUT2D eigenvalue weighted by Gasteiger charge is -2.27. The van der Waals surface area contributed by atoms with Crippen molar-refractivity contribution in [2.45, 2.75) is 38.3 Å². The lowest BCUT2D eigenvalue weighted by molar-refractivity contribution is -0.117. The first-order valence-electron chi connectivity index (χ1n) is 9.61. The molecule has 1 aromatic rings. The van der Waals surface area contributed by atoms with Crippen LogP contribution in [0.1, 0.15) is 31.2 Å². The van der Waals surface area contributed by atoms with E-state index in [9.17, 15) is 4.79 Å². The van der Waals surface area contributed by atoms with Gasteiger partial charge in [-0.2, -0.15) is 0 Å². The molecule has 0 bridgehead atoms. The molecule has 3 rings (SSSR count). The second kappa shape index (κ2) is 8.79. The Balaban J connectivity index is 1.54. The SMILES string of the molecule is CN(C)C1CCN(CC(=O)Nc2ccccc2CN2CCCCC2)C1. The Kier molecular flexibility index (Phi) is 6.45. The van der Waals surface area contributed by atoms with E-state index in [1.54, 1.807) is 0 Å². The monoisotopic (exact) mass is 344 g/mol. The Hall–Kier alpha value is -1.43. The fourth-order valence-electron chi connectivity index (χ4n) is 3.91. The second-order valence-electron chi connectivity index (χ2n) is 7.68. The summed E-state index contributed by atoms with van der Waals surface area (Å²) in [5, 5.41) is 3.15. The molecule has 2 fully saturated rings. The molecule has 0 spiro atoms. The zero-order valence-corrected chi connectivity index (χ0v) is 15.7. The predicted molar refractivity (Wildman–Crippen MR) is 103 cm³/mol. The number of benzene rings is 1. The van der Waals surface area contributed by atoms with Gasteiger partial charge in [0.25, 0.3) is 0 Å². The highest BCUT2D eigenvalue weighted by Gasteiger charge is 2.25. The van der Waals surface area contributed by atoms with Crippen LogP contribution in [-0.2, 0) is 11.3 Å². The highest BCUT2D eigenvalue weighted by molar-refractivity contribution is 5.93. The minimum absolute atomic E-state index is 0.102. The molecule has 2 aliphatic heterocycles. The number of nitrogens with zero attached hydrogens (tertiary/aromatic N) is 3. The lowest BCUT2D eigenvalue weighted by atomic mass is 10.1. The number of anilines is 1. The van der Waals surface area contributed by atoms with Crippen molar-refractivity contribution in [3.8, 4) is 0 Å². The Morgan fingerprint density at radius 3 is 2.60 bits per heavy atom. The summed E-state index contributed by atoms with van der Waals surface area (Å²) < 4.78 is 0. The smallest absolute Gasteiger partial charge is 0.238 e. The van der Waals surface area contributed by atoms with Gasteiger partial charge in [-0.25, -0.2) is 0 Å². The normalized spacial score (nSPS) is 22.4. The van der Waals surface area contributed by atoms with Crippen LogP contribution in [-0.4, -0.2) is 73.5 Å². The van der Waals surface area contributed by atoms with Crippen molar-refractivity contribution in [2.75, 3.05) is 52.1 Å². The number of nitrogens with one attached hydrogen (secondary N) is 1. The van der Waals surface area contributed by atoms with E-state index in [4.69, 9.17) is 0 Å². The van der Waals surface area contributed by atoms with Gasteiger partial charge in [0.05, 0.1) is 6.54 Å². The molecule has 1 amide bonds. The molecule has 2 aliphatic rings. The van der Waals surface area contributed by atoms with Crippen molar-refractivity contribution >= 4 is 11.6 Å². The zero-order chi connectivity index (χ0) is 17.6. The van der Waals surface area contributed by atoms with Crippen molar-refractivity contribution in [2.24, 2.45) is 0 Å². The number of carbonyl (C=O) groups is 1. The number of rotatable bonds is 6. The molecule has 5 nitrogen and oxygen atoms in total. The summed E-state index contributed by atoms with van der Waals surface area (Å²) in [4.78, 5) is 19.5. The quantitative estimate of drug-likeness (QED) is 0.859. The molecule has 138 valence electrons. The van der Waals surface area contributed by atoms with Gasteiger partial charge in [0.2, 0.25) is 5.91 Å². The van der Waals surface area contributed by atoms with Crippen molar-refractivity contribution in [1.29, 1.82) is 0 Å². The number of hydrogen-bond acceptors (Lipinski definition) is 4. The first kappa shape index (κ1) is 18.4. The Morgan fingerprint density at radius 1 is 1.12 bits per heavy atom. The molecule has 1 aromatic carbocycles. The van der Waals surface area contributed by atoms with E-state index in [2.05, 4.69) is 46.2 Å². The summed E-state index contributed by atoms with van der Waals surface area (Å²) >= 11 is 0. The molecular weight excluding hydrogens is 312 g/mol. The van der Waals surface area contributed by atoms with Crippen LogP contribution in [0.25, 0.3) is 0 Å². The maximum atomic E-state index is 12.5. The van der Waals surface area contributed by atoms with Crippen molar-refractivity contribution in [3.63, 3.8) is 0 Å². The van der Waals surface area contributed by atoms with Gasteiger partial charge in [-0.1, -0.05) is 24.6 Å². The van der Waals surface area contributed by atoms with E-state index in [1.807, 2.05) is 12.1 Å². The molecule has 0 radical (unpaired) electrons. The molecule has 1 unspecified atom stereocenters. The third-order valence-corrected chi connectivity index (χ3v) is 5.48. The van der Waals surface area contributed by atoms with Crippen LogP contribution >= 0.6 is 0 Å². The first-order chi connectivity index (χ1) is 12.1. The van der Waals surface area contributed by atoms with Gasteiger partial charge in [-0.15, -0.1) is 0 Å². The van der Waals surface area contributed by atoms with Crippen LogP contribution in [0, 0.1) is 0 Å². The average Bonchev–Trinajstić information content (AvgIpc) is 3.06. The van der Waals surface area contributed by atoms with Gasteiger partial charge in [0.15, 0.2) is 0 Å². The lowest BCUT2D eigenvalue weighted by Crippen LogP contribution is -2.35. The van der Waals surface area contributed by atoms with E-state index in [0.29, 0.717) is 12.6 Å². The average molecular weight is 345 g/mol. The topological polar surface area (TPSA) is 38.8 Å². The maximum absolute atomic E-state index is 12.5. The van der Waals surface area contributed by atoms with Gasteiger partial charge in [-0.05, 0) is 58.1 Å². The molecule has 2 saturated heterocycles. The number of para-hydroxylation sites is 1. The summed E-state index contributed by atoms with van der Waals surface area (Å²) in [6.45, 7) is 5.75. The molecule has 5 heteroatoms. The van der Waals surface area contributed by atoms with E-state index in [0.717, 1.165) is 31.7 Å². The van der Waals surface area contributed by atoms with E-state index in [-0.39, 0.29) is 5.91 Å². The number of piperidine rings is 1. The largest absolute Gasteiger partial charge is 0.325 e. The van der Waals surface area contributed by atoms with Gasteiger partial charge in [0, 0.05) is 31.4 Å². The number of likely N-dealkylation sites (tertiary alicyclic amines) is 2. The van der Waals surface area contributed by atoms with Crippen LogP contribution in [0.3, 0.4) is 0 Å². The Morgan fingerprint density at radius 2 is 1.88 bits per heavy atom. The molecule has 1 atom stereocenters. The molecule has 25 heavy (non-hydrogen) atoms. The number of amides is 1. The Bertz CT molecular complexity index is 569.